The van der Waals surface area contributed by atoms with E-state index in [9.17, 15) is 14.4 Å². The van der Waals surface area contributed by atoms with Gasteiger partial charge >= 0.3 is 5.97 Å². The second-order valence-electron chi connectivity index (χ2n) is 8.63. The molecule has 2 aromatic carbocycles. The van der Waals surface area contributed by atoms with Crippen LogP contribution in [0.3, 0.4) is 0 Å². The Morgan fingerprint density at radius 1 is 0.778 bits per heavy atom. The summed E-state index contributed by atoms with van der Waals surface area (Å²) in [7, 11) is 3.02. The molecule has 36 heavy (non-hydrogen) atoms. The van der Waals surface area contributed by atoms with Crippen molar-refractivity contribution in [1.29, 1.82) is 0 Å². The quantitative estimate of drug-likeness (QED) is 0.279. The van der Waals surface area contributed by atoms with E-state index < -0.39 is 17.8 Å². The summed E-state index contributed by atoms with van der Waals surface area (Å²) in [6.45, 7) is 3.42. The summed E-state index contributed by atoms with van der Waals surface area (Å²) in [4.78, 5) is 38.5. The third kappa shape index (κ3) is 8.07. The minimum absolute atomic E-state index is 0.300. The Morgan fingerprint density at radius 3 is 1.86 bits per heavy atom. The Balaban J connectivity index is 1.40. The van der Waals surface area contributed by atoms with Crippen LogP contribution in [0.25, 0.3) is 0 Å². The van der Waals surface area contributed by atoms with E-state index in [4.69, 9.17) is 9.47 Å². The lowest BCUT2D eigenvalue weighted by molar-refractivity contribution is 0.0340. The molecular formula is C27H35N3O6. The van der Waals surface area contributed by atoms with Gasteiger partial charge in [0.1, 0.15) is 0 Å². The summed E-state index contributed by atoms with van der Waals surface area (Å²) in [5, 5.41) is 0. The zero-order valence-corrected chi connectivity index (χ0v) is 21.0. The summed E-state index contributed by atoms with van der Waals surface area (Å²) >= 11 is 0. The van der Waals surface area contributed by atoms with Crippen molar-refractivity contribution in [3.63, 3.8) is 0 Å². The number of hydrogen-bond donors (Lipinski definition) is 2. The topological polar surface area (TPSA) is 106 Å². The highest BCUT2D eigenvalue weighted by Gasteiger charge is 2.20. The number of esters is 1. The number of hydrazine groups is 1. The molecule has 0 aromatic heterocycles. The maximum atomic E-state index is 12.5. The monoisotopic (exact) mass is 497 g/mol. The van der Waals surface area contributed by atoms with Crippen molar-refractivity contribution in [3.05, 3.63) is 65.2 Å². The lowest BCUT2D eigenvalue weighted by Gasteiger charge is -2.33. The van der Waals surface area contributed by atoms with Crippen molar-refractivity contribution < 1.29 is 28.6 Å². The Morgan fingerprint density at radius 2 is 1.31 bits per heavy atom. The fourth-order valence-corrected chi connectivity index (χ4v) is 4.01. The number of carbonyl (C=O) groups excluding carboxylic acids is 3. The number of piperidine rings is 1. The molecule has 0 aliphatic carbocycles. The first-order valence-electron chi connectivity index (χ1n) is 12.3. The lowest BCUT2D eigenvalue weighted by atomic mass is 10.1. The number of unbranched alkanes of at least 4 members (excludes halogenated alkanes) is 2. The van der Waals surface area contributed by atoms with Crippen molar-refractivity contribution in [2.24, 2.45) is 0 Å². The molecule has 1 heterocycles. The first kappa shape index (κ1) is 27.2. The maximum absolute atomic E-state index is 12.5. The molecule has 194 valence electrons. The molecule has 0 bridgehead atoms. The molecule has 1 aliphatic rings. The number of anilines is 1. The molecule has 0 spiro atoms. The van der Waals surface area contributed by atoms with Crippen LogP contribution in [0.1, 0.15) is 63.2 Å². The van der Waals surface area contributed by atoms with Crippen LogP contribution in [0, 0.1) is 0 Å². The Labute approximate surface area is 212 Å². The smallest absolute Gasteiger partial charge is 0.337 e. The fraction of sp³-hybridized carbons (Fsp3) is 0.444. The van der Waals surface area contributed by atoms with Crippen LogP contribution in [0.4, 0.5) is 5.69 Å². The second-order valence-corrected chi connectivity index (χ2v) is 8.63. The fourth-order valence-electron chi connectivity index (χ4n) is 4.01. The zero-order chi connectivity index (χ0) is 25.8. The molecular weight excluding hydrogens is 462 g/mol. The Hall–Kier alpha value is -3.43. The summed E-state index contributed by atoms with van der Waals surface area (Å²) in [6, 6.07) is 13.3. The molecule has 9 nitrogen and oxygen atoms in total. The summed E-state index contributed by atoms with van der Waals surface area (Å²) < 4.78 is 15.7. The van der Waals surface area contributed by atoms with Gasteiger partial charge in [-0.2, -0.15) is 0 Å². The van der Waals surface area contributed by atoms with E-state index in [-0.39, 0.29) is 0 Å². The van der Waals surface area contributed by atoms with Crippen molar-refractivity contribution in [2.75, 3.05) is 45.4 Å². The minimum atomic E-state index is -0.489. The van der Waals surface area contributed by atoms with Gasteiger partial charge in [-0.15, -0.1) is 0 Å². The van der Waals surface area contributed by atoms with Crippen LogP contribution in [0.5, 0.6) is 0 Å². The molecule has 1 saturated heterocycles. The summed E-state index contributed by atoms with van der Waals surface area (Å²) in [5.41, 5.74) is 6.94. The molecule has 2 amide bonds. The van der Waals surface area contributed by atoms with Gasteiger partial charge in [-0.05, 0) is 80.6 Å². The van der Waals surface area contributed by atoms with Crippen molar-refractivity contribution >= 4 is 23.5 Å². The first-order chi connectivity index (χ1) is 17.5. The Kier molecular flexibility index (Phi) is 10.7. The molecule has 2 aromatic rings. The lowest BCUT2D eigenvalue weighted by Crippen LogP contribution is -2.41. The molecule has 0 radical (unpaired) electrons. The van der Waals surface area contributed by atoms with E-state index in [0.717, 1.165) is 64.1 Å². The van der Waals surface area contributed by atoms with E-state index in [1.165, 1.54) is 31.4 Å². The normalized spacial score (nSPS) is 13.8. The molecule has 2 N–H and O–H groups in total. The van der Waals surface area contributed by atoms with Gasteiger partial charge in [-0.1, -0.05) is 0 Å². The van der Waals surface area contributed by atoms with Crippen LogP contribution in [0.15, 0.2) is 48.5 Å². The van der Waals surface area contributed by atoms with Crippen molar-refractivity contribution in [2.45, 2.75) is 38.2 Å². The maximum Gasteiger partial charge on any atom is 0.337 e. The standard InChI is InChI=1S/C27H35N3O6/c1-34-18-4-3-5-19-36-24-14-16-30(17-15-24)23-12-10-21(11-13-23)26(32)29-28-25(31)20-6-8-22(9-7-20)27(33)35-2/h6-13,24H,3-5,14-19H2,1-2H3,(H,28,31)(H,29,32). The predicted octanol–water partition coefficient (Wildman–Crippen LogP) is 3.35. The van der Waals surface area contributed by atoms with E-state index in [2.05, 4.69) is 20.5 Å². The summed E-state index contributed by atoms with van der Waals surface area (Å²) in [5.74, 6) is -1.39. The number of nitrogens with zero attached hydrogens (tertiary/aromatic N) is 1. The van der Waals surface area contributed by atoms with Crippen molar-refractivity contribution in [3.8, 4) is 0 Å². The van der Waals surface area contributed by atoms with Gasteiger partial charge in [0.15, 0.2) is 0 Å². The molecule has 0 saturated carbocycles. The number of nitrogens with one attached hydrogen (secondary N) is 2. The number of carbonyl (C=O) groups is 3. The third-order valence-corrected chi connectivity index (χ3v) is 6.14. The number of methoxy groups -OCH3 is 2. The van der Waals surface area contributed by atoms with Gasteiger partial charge in [-0.25, -0.2) is 4.79 Å². The second kappa shape index (κ2) is 14.2. The first-order valence-corrected chi connectivity index (χ1v) is 12.3. The number of hydrogen-bond acceptors (Lipinski definition) is 7. The van der Waals surface area contributed by atoms with E-state index in [1.807, 2.05) is 12.1 Å². The molecule has 0 unspecified atom stereocenters. The van der Waals surface area contributed by atoms with Gasteiger partial charge in [0.25, 0.3) is 11.8 Å². The van der Waals surface area contributed by atoms with E-state index in [1.54, 1.807) is 19.2 Å². The van der Waals surface area contributed by atoms with Gasteiger partial charge < -0.3 is 19.1 Å². The zero-order valence-electron chi connectivity index (χ0n) is 21.0. The average molecular weight is 498 g/mol. The molecule has 1 aliphatic heterocycles. The van der Waals surface area contributed by atoms with Crippen molar-refractivity contribution in [1.82, 2.24) is 10.9 Å². The van der Waals surface area contributed by atoms with Crippen LogP contribution >= 0.6 is 0 Å². The minimum Gasteiger partial charge on any atom is -0.465 e. The number of benzene rings is 2. The van der Waals surface area contributed by atoms with Gasteiger partial charge in [0, 0.05) is 50.2 Å². The van der Waals surface area contributed by atoms with Crippen LogP contribution in [-0.2, 0) is 14.2 Å². The number of ether oxygens (including phenoxy) is 3. The summed E-state index contributed by atoms with van der Waals surface area (Å²) in [6.07, 6.45) is 5.52. The van der Waals surface area contributed by atoms with Crippen LogP contribution < -0.4 is 15.8 Å². The van der Waals surface area contributed by atoms with E-state index >= 15 is 0 Å². The number of rotatable bonds is 11. The average Bonchev–Trinajstić information content (AvgIpc) is 2.93. The highest BCUT2D eigenvalue weighted by molar-refractivity contribution is 5.99. The highest BCUT2D eigenvalue weighted by Crippen LogP contribution is 2.22. The Bertz CT molecular complexity index is 986. The molecule has 9 heteroatoms. The highest BCUT2D eigenvalue weighted by atomic mass is 16.5. The van der Waals surface area contributed by atoms with Gasteiger partial charge in [0.05, 0.1) is 18.8 Å². The van der Waals surface area contributed by atoms with E-state index in [0.29, 0.717) is 22.8 Å². The molecule has 1 fully saturated rings. The van der Waals surface area contributed by atoms with Gasteiger partial charge in [-0.3, -0.25) is 20.4 Å². The third-order valence-electron chi connectivity index (χ3n) is 6.14. The van der Waals surface area contributed by atoms with Gasteiger partial charge in [0.2, 0.25) is 0 Å². The van der Waals surface area contributed by atoms with Crippen LogP contribution in [0.2, 0.25) is 0 Å². The number of amides is 2. The largest absolute Gasteiger partial charge is 0.465 e. The van der Waals surface area contributed by atoms with Crippen LogP contribution in [-0.4, -0.2) is 64.4 Å². The molecule has 3 rings (SSSR count). The SMILES string of the molecule is COCCCCCOC1CCN(c2ccc(C(=O)NNC(=O)c3ccc(C(=O)OC)cc3)cc2)CC1. The molecule has 0 atom stereocenters. The predicted molar refractivity (Wildman–Crippen MR) is 136 cm³/mol.